The van der Waals surface area contributed by atoms with Gasteiger partial charge in [0.25, 0.3) is 0 Å². The maximum absolute atomic E-state index is 12.4. The number of hydrogen-bond acceptors (Lipinski definition) is 2. The summed E-state index contributed by atoms with van der Waals surface area (Å²) in [6, 6.07) is 0.0684. The van der Waals surface area contributed by atoms with E-state index in [2.05, 4.69) is 6.92 Å². The molecule has 1 saturated heterocycles. The van der Waals surface area contributed by atoms with E-state index in [-0.39, 0.29) is 24.5 Å². The summed E-state index contributed by atoms with van der Waals surface area (Å²) in [6.45, 7) is 9.12. The first-order valence-corrected chi connectivity index (χ1v) is 6.58. The molecule has 0 aromatic rings. The van der Waals surface area contributed by atoms with Crippen LogP contribution in [0.5, 0.6) is 0 Å². The number of hydrogen-bond donors (Lipinski definition) is 1. The van der Waals surface area contributed by atoms with Gasteiger partial charge < -0.3 is 14.9 Å². The molecule has 5 heteroatoms. The highest BCUT2D eigenvalue weighted by Gasteiger charge is 2.33. The lowest BCUT2D eigenvalue weighted by molar-refractivity contribution is -0.137. The molecule has 104 valence electrons. The molecule has 5 nitrogen and oxygen atoms in total. The molecular formula is C13H24N2O3. The number of carboxylic acid groups (broad SMARTS) is 1. The highest BCUT2D eigenvalue weighted by molar-refractivity contribution is 5.80. The highest BCUT2D eigenvalue weighted by Crippen LogP contribution is 2.23. The molecule has 0 saturated carbocycles. The van der Waals surface area contributed by atoms with Crippen molar-refractivity contribution in [1.82, 2.24) is 9.80 Å². The second-order valence-corrected chi connectivity index (χ2v) is 5.79. The predicted molar refractivity (Wildman–Crippen MR) is 69.4 cm³/mol. The Hall–Kier alpha value is -1.26. The second-order valence-electron chi connectivity index (χ2n) is 5.79. The van der Waals surface area contributed by atoms with E-state index in [0.29, 0.717) is 12.5 Å². The van der Waals surface area contributed by atoms with Gasteiger partial charge in [-0.1, -0.05) is 20.8 Å². The zero-order valence-electron chi connectivity index (χ0n) is 11.7. The monoisotopic (exact) mass is 256 g/mol. The minimum atomic E-state index is -0.955. The summed E-state index contributed by atoms with van der Waals surface area (Å²) in [4.78, 5) is 26.5. The predicted octanol–water partition coefficient (Wildman–Crippen LogP) is 1.88. The lowest BCUT2D eigenvalue weighted by atomic mass is 10.1. The zero-order valence-corrected chi connectivity index (χ0v) is 11.7. The number of carbonyl (C=O) groups excluding carboxylic acids is 1. The van der Waals surface area contributed by atoms with Crippen LogP contribution in [0.4, 0.5) is 4.79 Å². The van der Waals surface area contributed by atoms with E-state index in [1.807, 2.05) is 20.8 Å². The van der Waals surface area contributed by atoms with Crippen molar-refractivity contribution >= 4 is 12.0 Å². The van der Waals surface area contributed by atoms with Crippen LogP contribution in [-0.2, 0) is 4.79 Å². The van der Waals surface area contributed by atoms with E-state index >= 15 is 0 Å². The number of urea groups is 1. The Morgan fingerprint density at radius 2 is 2.00 bits per heavy atom. The van der Waals surface area contributed by atoms with Gasteiger partial charge in [-0.25, -0.2) is 4.79 Å². The van der Waals surface area contributed by atoms with Crippen molar-refractivity contribution < 1.29 is 14.7 Å². The van der Waals surface area contributed by atoms with Gasteiger partial charge in [-0.3, -0.25) is 4.79 Å². The number of likely N-dealkylation sites (tertiary alicyclic amines) is 1. The molecule has 0 radical (unpaired) electrons. The van der Waals surface area contributed by atoms with Crippen molar-refractivity contribution in [3.8, 4) is 0 Å². The van der Waals surface area contributed by atoms with Gasteiger partial charge in [-0.2, -0.15) is 0 Å². The molecule has 2 amide bonds. The van der Waals surface area contributed by atoms with E-state index in [1.54, 1.807) is 4.90 Å². The fraction of sp³-hybridized carbons (Fsp3) is 0.846. The average Bonchev–Trinajstić information content (AvgIpc) is 2.54. The smallest absolute Gasteiger partial charge is 0.323 e. The lowest BCUT2D eigenvalue weighted by Gasteiger charge is -2.30. The first-order chi connectivity index (χ1) is 8.31. The van der Waals surface area contributed by atoms with Crippen LogP contribution in [0.3, 0.4) is 0 Å². The minimum Gasteiger partial charge on any atom is -0.480 e. The van der Waals surface area contributed by atoms with E-state index in [0.717, 1.165) is 13.0 Å². The summed E-state index contributed by atoms with van der Waals surface area (Å²) in [7, 11) is 0. The Bertz CT molecular complexity index is 317. The number of rotatable bonds is 4. The Labute approximate surface area is 109 Å². The van der Waals surface area contributed by atoms with E-state index in [4.69, 9.17) is 5.11 Å². The Balaban J connectivity index is 2.72. The van der Waals surface area contributed by atoms with Crippen LogP contribution in [0.25, 0.3) is 0 Å². The van der Waals surface area contributed by atoms with Crippen molar-refractivity contribution in [1.29, 1.82) is 0 Å². The van der Waals surface area contributed by atoms with Gasteiger partial charge in [0.05, 0.1) is 0 Å². The van der Waals surface area contributed by atoms with Crippen molar-refractivity contribution in [3.63, 3.8) is 0 Å². The van der Waals surface area contributed by atoms with Gasteiger partial charge >= 0.3 is 12.0 Å². The summed E-state index contributed by atoms with van der Waals surface area (Å²) in [5.74, 6) is -0.192. The van der Waals surface area contributed by atoms with E-state index in [1.165, 1.54) is 4.90 Å². The molecule has 0 aliphatic carbocycles. The summed E-state index contributed by atoms with van der Waals surface area (Å²) in [5, 5.41) is 8.89. The van der Waals surface area contributed by atoms with Crippen molar-refractivity contribution in [3.05, 3.63) is 0 Å². The normalized spacial score (nSPS) is 23.5. The van der Waals surface area contributed by atoms with Crippen LogP contribution < -0.4 is 0 Å². The average molecular weight is 256 g/mol. The molecular weight excluding hydrogens is 232 g/mol. The number of amides is 2. The summed E-state index contributed by atoms with van der Waals surface area (Å²) < 4.78 is 0. The zero-order chi connectivity index (χ0) is 13.9. The van der Waals surface area contributed by atoms with Gasteiger partial charge in [-0.05, 0) is 25.2 Å². The van der Waals surface area contributed by atoms with Gasteiger partial charge in [0, 0.05) is 19.1 Å². The molecule has 0 bridgehead atoms. The number of carbonyl (C=O) groups is 2. The molecule has 1 fully saturated rings. The molecule has 1 rings (SSSR count). The molecule has 18 heavy (non-hydrogen) atoms. The molecule has 2 unspecified atom stereocenters. The summed E-state index contributed by atoms with van der Waals surface area (Å²) in [5.41, 5.74) is 0. The maximum atomic E-state index is 12.4. The molecule has 0 aromatic heterocycles. The Kier molecular flexibility index (Phi) is 4.99. The minimum absolute atomic E-state index is 0.136. The molecule has 1 heterocycles. The summed E-state index contributed by atoms with van der Waals surface area (Å²) >= 11 is 0. The Morgan fingerprint density at radius 3 is 2.39 bits per heavy atom. The van der Waals surface area contributed by atoms with Crippen LogP contribution in [0, 0.1) is 11.8 Å². The second kappa shape index (κ2) is 6.07. The van der Waals surface area contributed by atoms with Crippen LogP contribution in [-0.4, -0.2) is 52.6 Å². The van der Waals surface area contributed by atoms with Crippen LogP contribution in [0.1, 0.15) is 34.1 Å². The topological polar surface area (TPSA) is 60.9 Å². The molecule has 0 spiro atoms. The van der Waals surface area contributed by atoms with Gasteiger partial charge in [0.1, 0.15) is 6.54 Å². The first kappa shape index (κ1) is 14.8. The fourth-order valence-electron chi connectivity index (χ4n) is 2.56. The summed E-state index contributed by atoms with van der Waals surface area (Å²) in [6.07, 6.45) is 0.994. The first-order valence-electron chi connectivity index (χ1n) is 6.58. The van der Waals surface area contributed by atoms with E-state index in [9.17, 15) is 9.59 Å². The standard InChI is InChI=1S/C13H24N2O3/c1-9(2)6-14(8-12(16)17)13(18)15-7-10(3)5-11(15)4/h9-11H,5-8H2,1-4H3,(H,16,17). The molecule has 1 aliphatic heterocycles. The third-order valence-corrected chi connectivity index (χ3v) is 3.21. The van der Waals surface area contributed by atoms with Gasteiger partial charge in [0.2, 0.25) is 0 Å². The number of carboxylic acids is 1. The van der Waals surface area contributed by atoms with E-state index < -0.39 is 5.97 Å². The van der Waals surface area contributed by atoms with Crippen molar-refractivity contribution in [2.24, 2.45) is 11.8 Å². The fourth-order valence-corrected chi connectivity index (χ4v) is 2.56. The highest BCUT2D eigenvalue weighted by atomic mass is 16.4. The van der Waals surface area contributed by atoms with Crippen molar-refractivity contribution in [2.45, 2.75) is 40.2 Å². The molecule has 1 N–H and O–H groups in total. The lowest BCUT2D eigenvalue weighted by Crippen LogP contribution is -2.48. The number of aliphatic carboxylic acids is 1. The SMILES string of the molecule is CC(C)CN(CC(=O)O)C(=O)N1CC(C)CC1C. The van der Waals surface area contributed by atoms with Crippen LogP contribution in [0.15, 0.2) is 0 Å². The van der Waals surface area contributed by atoms with Gasteiger partial charge in [0.15, 0.2) is 0 Å². The van der Waals surface area contributed by atoms with Crippen LogP contribution in [0.2, 0.25) is 0 Å². The molecule has 1 aliphatic rings. The van der Waals surface area contributed by atoms with Crippen molar-refractivity contribution in [2.75, 3.05) is 19.6 Å². The Morgan fingerprint density at radius 1 is 1.39 bits per heavy atom. The molecule has 2 atom stereocenters. The van der Waals surface area contributed by atoms with Crippen LogP contribution >= 0.6 is 0 Å². The van der Waals surface area contributed by atoms with Gasteiger partial charge in [-0.15, -0.1) is 0 Å². The maximum Gasteiger partial charge on any atom is 0.323 e. The third kappa shape index (κ3) is 3.89. The quantitative estimate of drug-likeness (QED) is 0.835. The number of nitrogens with zero attached hydrogens (tertiary/aromatic N) is 2. The largest absolute Gasteiger partial charge is 0.480 e. The molecule has 0 aromatic carbocycles. The third-order valence-electron chi connectivity index (χ3n) is 3.21.